The number of halogens is 1. The summed E-state index contributed by atoms with van der Waals surface area (Å²) in [5, 5.41) is 6.79. The number of methoxy groups -OCH3 is 1. The fourth-order valence-electron chi connectivity index (χ4n) is 2.22. The molecule has 0 saturated heterocycles. The molecule has 4 nitrogen and oxygen atoms in total. The van der Waals surface area contributed by atoms with E-state index in [1.54, 1.807) is 7.11 Å². The number of ether oxygens (including phenoxy) is 1. The Kier molecular flexibility index (Phi) is 7.85. The number of nitrogens with zero attached hydrogens (tertiary/aromatic N) is 1. The molecule has 0 aromatic heterocycles. The van der Waals surface area contributed by atoms with Crippen molar-refractivity contribution in [3.05, 3.63) is 29.8 Å². The Labute approximate surface area is 144 Å². The molecule has 1 saturated carbocycles. The lowest BCUT2D eigenvalue weighted by Crippen LogP contribution is -2.39. The van der Waals surface area contributed by atoms with Crippen molar-refractivity contribution in [1.29, 1.82) is 0 Å². The SMILES string of the molecule is CN=C(NCCCc1cccc(OC)c1)NC1CC1C.I. The number of hydrogen-bond donors (Lipinski definition) is 2. The number of guanidine groups is 1. The highest BCUT2D eigenvalue weighted by Crippen LogP contribution is 2.28. The van der Waals surface area contributed by atoms with Gasteiger partial charge in [0, 0.05) is 19.6 Å². The summed E-state index contributed by atoms with van der Waals surface area (Å²) in [5.74, 6) is 2.63. The summed E-state index contributed by atoms with van der Waals surface area (Å²) in [6.07, 6.45) is 3.37. The highest BCUT2D eigenvalue weighted by molar-refractivity contribution is 14.0. The van der Waals surface area contributed by atoms with Gasteiger partial charge in [0.25, 0.3) is 0 Å². The summed E-state index contributed by atoms with van der Waals surface area (Å²) in [4.78, 5) is 4.25. The number of rotatable bonds is 6. The molecule has 2 unspecified atom stereocenters. The molecule has 1 fully saturated rings. The van der Waals surface area contributed by atoms with Gasteiger partial charge < -0.3 is 15.4 Å². The maximum atomic E-state index is 5.23. The first-order valence-corrected chi connectivity index (χ1v) is 7.33. The summed E-state index contributed by atoms with van der Waals surface area (Å²) in [6.45, 7) is 3.19. The van der Waals surface area contributed by atoms with E-state index in [9.17, 15) is 0 Å². The summed E-state index contributed by atoms with van der Waals surface area (Å²) in [7, 11) is 3.53. The van der Waals surface area contributed by atoms with Crippen molar-refractivity contribution >= 4 is 29.9 Å². The minimum Gasteiger partial charge on any atom is -0.497 e. The van der Waals surface area contributed by atoms with E-state index in [0.717, 1.165) is 37.0 Å². The maximum absolute atomic E-state index is 5.23. The van der Waals surface area contributed by atoms with Crippen LogP contribution in [0.5, 0.6) is 5.75 Å². The Morgan fingerprint density at radius 3 is 2.81 bits per heavy atom. The van der Waals surface area contributed by atoms with Crippen LogP contribution in [0.4, 0.5) is 0 Å². The van der Waals surface area contributed by atoms with Gasteiger partial charge in [0.15, 0.2) is 5.96 Å². The summed E-state index contributed by atoms with van der Waals surface area (Å²) < 4.78 is 5.23. The van der Waals surface area contributed by atoms with E-state index in [0.29, 0.717) is 6.04 Å². The van der Waals surface area contributed by atoms with E-state index in [-0.39, 0.29) is 24.0 Å². The lowest BCUT2D eigenvalue weighted by atomic mass is 10.1. The number of aryl methyl sites for hydroxylation is 1. The third kappa shape index (κ3) is 6.11. The molecule has 1 aromatic rings. The molecule has 118 valence electrons. The first kappa shape index (κ1) is 18.1. The highest BCUT2D eigenvalue weighted by Gasteiger charge is 2.33. The average molecular weight is 403 g/mol. The van der Waals surface area contributed by atoms with Crippen LogP contribution in [0.15, 0.2) is 29.3 Å². The molecular formula is C16H26IN3O. The second kappa shape index (κ2) is 9.12. The van der Waals surface area contributed by atoms with Gasteiger partial charge in [-0.3, -0.25) is 4.99 Å². The average Bonchev–Trinajstić information content (AvgIpc) is 3.17. The largest absolute Gasteiger partial charge is 0.497 e. The predicted molar refractivity (Wildman–Crippen MR) is 98.8 cm³/mol. The van der Waals surface area contributed by atoms with E-state index < -0.39 is 0 Å². The number of benzene rings is 1. The van der Waals surface area contributed by atoms with Crippen LogP contribution < -0.4 is 15.4 Å². The molecule has 2 rings (SSSR count). The molecule has 0 heterocycles. The second-order valence-corrected chi connectivity index (χ2v) is 5.42. The van der Waals surface area contributed by atoms with Gasteiger partial charge in [0.05, 0.1) is 7.11 Å². The number of nitrogens with one attached hydrogen (secondary N) is 2. The van der Waals surface area contributed by atoms with Gasteiger partial charge in [-0.05, 0) is 42.9 Å². The minimum atomic E-state index is 0. The van der Waals surface area contributed by atoms with Crippen molar-refractivity contribution < 1.29 is 4.74 Å². The Hall–Kier alpha value is -0.980. The van der Waals surface area contributed by atoms with Crippen LogP contribution >= 0.6 is 24.0 Å². The molecule has 0 spiro atoms. The third-order valence-corrected chi connectivity index (χ3v) is 3.72. The predicted octanol–water partition coefficient (Wildman–Crippen LogP) is 2.82. The van der Waals surface area contributed by atoms with Gasteiger partial charge in [-0.1, -0.05) is 19.1 Å². The van der Waals surface area contributed by atoms with Crippen LogP contribution in [0.3, 0.4) is 0 Å². The Balaban J connectivity index is 0.00000220. The summed E-state index contributed by atoms with van der Waals surface area (Å²) in [5.41, 5.74) is 1.31. The fraction of sp³-hybridized carbons (Fsp3) is 0.562. The molecule has 1 aromatic carbocycles. The van der Waals surface area contributed by atoms with Crippen molar-refractivity contribution in [3.63, 3.8) is 0 Å². The van der Waals surface area contributed by atoms with Gasteiger partial charge in [-0.25, -0.2) is 0 Å². The molecule has 5 heteroatoms. The zero-order valence-corrected chi connectivity index (χ0v) is 15.4. The fourth-order valence-corrected chi connectivity index (χ4v) is 2.22. The van der Waals surface area contributed by atoms with Gasteiger partial charge in [-0.2, -0.15) is 0 Å². The van der Waals surface area contributed by atoms with Gasteiger partial charge in [-0.15, -0.1) is 24.0 Å². The maximum Gasteiger partial charge on any atom is 0.191 e. The first-order chi connectivity index (χ1) is 9.72. The molecule has 0 amide bonds. The van der Waals surface area contributed by atoms with Crippen molar-refractivity contribution in [2.24, 2.45) is 10.9 Å². The summed E-state index contributed by atoms with van der Waals surface area (Å²) >= 11 is 0. The topological polar surface area (TPSA) is 45.7 Å². The van der Waals surface area contributed by atoms with Crippen LogP contribution in [0, 0.1) is 5.92 Å². The van der Waals surface area contributed by atoms with Crippen LogP contribution in [-0.4, -0.2) is 32.7 Å². The molecule has 2 N–H and O–H groups in total. The van der Waals surface area contributed by atoms with Gasteiger partial charge >= 0.3 is 0 Å². The Morgan fingerprint density at radius 2 is 2.19 bits per heavy atom. The van der Waals surface area contributed by atoms with Crippen molar-refractivity contribution in [2.45, 2.75) is 32.2 Å². The molecular weight excluding hydrogens is 377 g/mol. The molecule has 21 heavy (non-hydrogen) atoms. The molecule has 0 bridgehead atoms. The highest BCUT2D eigenvalue weighted by atomic mass is 127. The smallest absolute Gasteiger partial charge is 0.191 e. The summed E-state index contributed by atoms with van der Waals surface area (Å²) in [6, 6.07) is 8.86. The minimum absolute atomic E-state index is 0. The van der Waals surface area contributed by atoms with Crippen LogP contribution in [0.25, 0.3) is 0 Å². The Bertz CT molecular complexity index is 465. The number of hydrogen-bond acceptors (Lipinski definition) is 2. The normalized spacial score (nSPS) is 20.4. The third-order valence-electron chi connectivity index (χ3n) is 3.72. The zero-order chi connectivity index (χ0) is 14.4. The lowest BCUT2D eigenvalue weighted by molar-refractivity contribution is 0.414. The standard InChI is InChI=1S/C16H25N3O.HI/c1-12-10-15(12)19-16(17-2)18-9-5-7-13-6-4-8-14(11-13)20-3;/h4,6,8,11-12,15H,5,7,9-10H2,1-3H3,(H2,17,18,19);1H. The lowest BCUT2D eigenvalue weighted by Gasteiger charge is -2.11. The quantitative estimate of drug-likeness (QED) is 0.332. The molecule has 0 radical (unpaired) electrons. The van der Waals surface area contributed by atoms with Crippen LogP contribution in [0.2, 0.25) is 0 Å². The van der Waals surface area contributed by atoms with E-state index in [4.69, 9.17) is 4.74 Å². The molecule has 0 aliphatic heterocycles. The van der Waals surface area contributed by atoms with Crippen LogP contribution in [-0.2, 0) is 6.42 Å². The Morgan fingerprint density at radius 1 is 1.43 bits per heavy atom. The van der Waals surface area contributed by atoms with Crippen molar-refractivity contribution in [1.82, 2.24) is 10.6 Å². The van der Waals surface area contributed by atoms with Gasteiger partial charge in [0.2, 0.25) is 0 Å². The molecule has 2 atom stereocenters. The number of aliphatic imine (C=N–C) groups is 1. The van der Waals surface area contributed by atoms with Gasteiger partial charge in [0.1, 0.15) is 5.75 Å². The van der Waals surface area contributed by atoms with Crippen LogP contribution in [0.1, 0.15) is 25.3 Å². The van der Waals surface area contributed by atoms with E-state index in [1.165, 1.54) is 12.0 Å². The molecule has 1 aliphatic rings. The zero-order valence-electron chi connectivity index (χ0n) is 13.1. The monoisotopic (exact) mass is 403 g/mol. The second-order valence-electron chi connectivity index (χ2n) is 5.42. The van der Waals surface area contributed by atoms with E-state index >= 15 is 0 Å². The van der Waals surface area contributed by atoms with E-state index in [2.05, 4.69) is 34.7 Å². The molecule has 1 aliphatic carbocycles. The van der Waals surface area contributed by atoms with E-state index in [1.807, 2.05) is 19.2 Å². The van der Waals surface area contributed by atoms with Crippen molar-refractivity contribution in [2.75, 3.05) is 20.7 Å². The first-order valence-electron chi connectivity index (χ1n) is 7.33. The van der Waals surface area contributed by atoms with Crippen molar-refractivity contribution in [3.8, 4) is 5.75 Å².